The van der Waals surface area contributed by atoms with E-state index in [1.807, 2.05) is 66.9 Å². The number of aromatic nitrogens is 1. The van der Waals surface area contributed by atoms with Crippen LogP contribution in [0, 0.1) is 6.92 Å². The first-order chi connectivity index (χ1) is 11.9. The summed E-state index contributed by atoms with van der Waals surface area (Å²) in [4.78, 5) is 17.1. The molecular weight excluding hydrogens is 332 g/mol. The number of nitrogens with zero attached hydrogens (tertiary/aromatic N) is 1. The fraction of sp³-hybridized carbons (Fsp3) is 0.200. The molecule has 1 aromatic heterocycles. The van der Waals surface area contributed by atoms with Crippen molar-refractivity contribution < 1.29 is 9.53 Å². The molecule has 3 aromatic rings. The van der Waals surface area contributed by atoms with Crippen LogP contribution in [0.3, 0.4) is 0 Å². The largest absolute Gasteiger partial charge is 0.478 e. The first kappa shape index (κ1) is 17.2. The third kappa shape index (κ3) is 4.25. The van der Waals surface area contributed by atoms with Crippen molar-refractivity contribution in [3.05, 3.63) is 65.5 Å². The second-order valence-electron chi connectivity index (χ2n) is 6.28. The van der Waals surface area contributed by atoms with Crippen LogP contribution in [0.5, 0.6) is 5.75 Å². The summed E-state index contributed by atoms with van der Waals surface area (Å²) in [6.07, 6.45) is 0. The Bertz CT molecular complexity index is 855. The van der Waals surface area contributed by atoms with Crippen LogP contribution in [0.1, 0.15) is 19.4 Å². The Morgan fingerprint density at radius 1 is 1.08 bits per heavy atom. The molecule has 0 aliphatic rings. The van der Waals surface area contributed by atoms with Gasteiger partial charge in [0.15, 0.2) is 10.7 Å². The van der Waals surface area contributed by atoms with E-state index in [-0.39, 0.29) is 5.91 Å². The summed E-state index contributed by atoms with van der Waals surface area (Å²) in [5.41, 5.74) is 2.08. The number of rotatable bonds is 5. The number of para-hydroxylation sites is 1. The number of carbonyl (C=O) groups excluding carboxylic acids is 1. The van der Waals surface area contributed by atoms with Crippen LogP contribution < -0.4 is 10.1 Å². The molecule has 1 heterocycles. The molecule has 1 amide bonds. The Hall–Kier alpha value is -2.66. The van der Waals surface area contributed by atoms with Crippen molar-refractivity contribution in [3.8, 4) is 17.0 Å². The zero-order valence-electron chi connectivity index (χ0n) is 14.4. The summed E-state index contributed by atoms with van der Waals surface area (Å²) in [6, 6.07) is 17.4. The molecule has 0 saturated heterocycles. The van der Waals surface area contributed by atoms with Gasteiger partial charge in [-0.2, -0.15) is 0 Å². The number of carbonyl (C=O) groups is 1. The Kier molecular flexibility index (Phi) is 4.86. The van der Waals surface area contributed by atoms with Crippen molar-refractivity contribution in [2.45, 2.75) is 26.4 Å². The molecule has 0 atom stereocenters. The summed E-state index contributed by atoms with van der Waals surface area (Å²) in [7, 11) is 0. The highest BCUT2D eigenvalue weighted by Gasteiger charge is 2.30. The molecule has 4 nitrogen and oxygen atoms in total. The van der Waals surface area contributed by atoms with E-state index in [1.165, 1.54) is 16.9 Å². The highest BCUT2D eigenvalue weighted by Crippen LogP contribution is 2.26. The van der Waals surface area contributed by atoms with Crippen molar-refractivity contribution in [2.24, 2.45) is 0 Å². The van der Waals surface area contributed by atoms with Gasteiger partial charge in [-0.1, -0.05) is 48.0 Å². The van der Waals surface area contributed by atoms with Crippen LogP contribution in [-0.2, 0) is 4.79 Å². The van der Waals surface area contributed by atoms with E-state index < -0.39 is 5.60 Å². The van der Waals surface area contributed by atoms with Gasteiger partial charge in [-0.3, -0.25) is 10.1 Å². The number of thiazole rings is 1. The van der Waals surface area contributed by atoms with Crippen molar-refractivity contribution in [1.82, 2.24) is 4.98 Å². The fourth-order valence-electron chi connectivity index (χ4n) is 2.27. The van der Waals surface area contributed by atoms with E-state index in [2.05, 4.69) is 10.3 Å². The molecule has 0 fully saturated rings. The van der Waals surface area contributed by atoms with Gasteiger partial charge in [-0.15, -0.1) is 11.3 Å². The molecule has 0 bridgehead atoms. The molecule has 0 unspecified atom stereocenters. The van der Waals surface area contributed by atoms with Gasteiger partial charge in [0.1, 0.15) is 5.75 Å². The monoisotopic (exact) mass is 352 g/mol. The zero-order chi connectivity index (χ0) is 17.9. The van der Waals surface area contributed by atoms with Crippen molar-refractivity contribution in [2.75, 3.05) is 5.32 Å². The summed E-state index contributed by atoms with van der Waals surface area (Å²) < 4.78 is 5.81. The highest BCUT2D eigenvalue weighted by molar-refractivity contribution is 7.14. The fourth-order valence-corrected chi connectivity index (χ4v) is 2.98. The third-order valence-corrected chi connectivity index (χ3v) is 4.49. The topological polar surface area (TPSA) is 51.2 Å². The molecule has 128 valence electrons. The number of ether oxygens (including phenoxy) is 1. The Balaban J connectivity index is 1.69. The van der Waals surface area contributed by atoms with Gasteiger partial charge in [0.05, 0.1) is 5.69 Å². The lowest BCUT2D eigenvalue weighted by molar-refractivity contribution is -0.128. The van der Waals surface area contributed by atoms with E-state index in [9.17, 15) is 4.79 Å². The summed E-state index contributed by atoms with van der Waals surface area (Å²) in [5.74, 6) is 0.420. The van der Waals surface area contributed by atoms with E-state index in [1.54, 1.807) is 13.8 Å². The van der Waals surface area contributed by atoms with Gasteiger partial charge in [-0.25, -0.2) is 4.98 Å². The van der Waals surface area contributed by atoms with Crippen LogP contribution in [0.4, 0.5) is 5.13 Å². The molecule has 25 heavy (non-hydrogen) atoms. The SMILES string of the molecule is Cc1ccc(-c2csc(NC(=O)C(C)(C)Oc3ccccc3)n2)cc1. The number of amides is 1. The van der Waals surface area contributed by atoms with Gasteiger partial charge in [0, 0.05) is 10.9 Å². The van der Waals surface area contributed by atoms with Gasteiger partial charge in [0.2, 0.25) is 0 Å². The molecule has 1 N–H and O–H groups in total. The number of hydrogen-bond donors (Lipinski definition) is 1. The Labute approximate surface area is 151 Å². The van der Waals surface area contributed by atoms with Crippen molar-refractivity contribution in [3.63, 3.8) is 0 Å². The number of anilines is 1. The second-order valence-corrected chi connectivity index (χ2v) is 7.14. The maximum Gasteiger partial charge on any atom is 0.269 e. The van der Waals surface area contributed by atoms with Crippen LogP contribution in [-0.4, -0.2) is 16.5 Å². The maximum atomic E-state index is 12.6. The van der Waals surface area contributed by atoms with Gasteiger partial charge >= 0.3 is 0 Å². The standard InChI is InChI=1S/C20H20N2O2S/c1-14-9-11-15(12-10-14)17-13-25-19(21-17)22-18(23)20(2,3)24-16-7-5-4-6-8-16/h4-13H,1-3H3,(H,21,22,23). The number of hydrogen-bond acceptors (Lipinski definition) is 4. The average Bonchev–Trinajstić information content (AvgIpc) is 3.04. The number of benzene rings is 2. The molecule has 2 aromatic carbocycles. The maximum absolute atomic E-state index is 12.6. The number of aryl methyl sites for hydroxylation is 1. The van der Waals surface area contributed by atoms with Crippen molar-refractivity contribution >= 4 is 22.4 Å². The second kappa shape index (κ2) is 7.07. The lowest BCUT2D eigenvalue weighted by Crippen LogP contribution is -2.42. The van der Waals surface area contributed by atoms with Gasteiger partial charge in [0.25, 0.3) is 5.91 Å². The molecule has 0 spiro atoms. The van der Waals surface area contributed by atoms with E-state index in [4.69, 9.17) is 4.74 Å². The minimum atomic E-state index is -1.00. The lowest BCUT2D eigenvalue weighted by atomic mass is 10.1. The minimum Gasteiger partial charge on any atom is -0.478 e. The summed E-state index contributed by atoms with van der Waals surface area (Å²) >= 11 is 1.40. The van der Waals surface area contributed by atoms with Gasteiger partial charge in [-0.05, 0) is 32.9 Å². The van der Waals surface area contributed by atoms with Crippen LogP contribution in [0.15, 0.2) is 60.0 Å². The van der Waals surface area contributed by atoms with Crippen LogP contribution >= 0.6 is 11.3 Å². The van der Waals surface area contributed by atoms with Crippen molar-refractivity contribution in [1.29, 1.82) is 0 Å². The summed E-state index contributed by atoms with van der Waals surface area (Å²) in [5, 5.41) is 5.34. The minimum absolute atomic E-state index is 0.235. The zero-order valence-corrected chi connectivity index (χ0v) is 15.3. The molecule has 5 heteroatoms. The van der Waals surface area contributed by atoms with E-state index in [0.717, 1.165) is 11.3 Å². The molecule has 0 radical (unpaired) electrons. The third-order valence-electron chi connectivity index (χ3n) is 3.74. The lowest BCUT2D eigenvalue weighted by Gasteiger charge is -2.24. The first-order valence-corrected chi connectivity index (χ1v) is 8.90. The Morgan fingerprint density at radius 3 is 2.44 bits per heavy atom. The molecule has 3 rings (SSSR count). The quantitative estimate of drug-likeness (QED) is 0.709. The van der Waals surface area contributed by atoms with Crippen LogP contribution in [0.25, 0.3) is 11.3 Å². The number of nitrogens with one attached hydrogen (secondary N) is 1. The molecule has 0 saturated carbocycles. The van der Waals surface area contributed by atoms with Crippen LogP contribution in [0.2, 0.25) is 0 Å². The smallest absolute Gasteiger partial charge is 0.269 e. The normalized spacial score (nSPS) is 11.2. The van der Waals surface area contributed by atoms with Gasteiger partial charge < -0.3 is 4.74 Å². The highest BCUT2D eigenvalue weighted by atomic mass is 32.1. The molecule has 0 aliphatic carbocycles. The summed E-state index contributed by atoms with van der Waals surface area (Å²) in [6.45, 7) is 5.53. The Morgan fingerprint density at radius 2 is 1.76 bits per heavy atom. The first-order valence-electron chi connectivity index (χ1n) is 8.02. The molecular formula is C20H20N2O2S. The molecule has 0 aliphatic heterocycles. The predicted octanol–water partition coefficient (Wildman–Crippen LogP) is 4.91. The van der Waals surface area contributed by atoms with E-state index >= 15 is 0 Å². The average molecular weight is 352 g/mol. The predicted molar refractivity (Wildman–Crippen MR) is 102 cm³/mol. The van der Waals surface area contributed by atoms with E-state index in [0.29, 0.717) is 10.9 Å².